The first-order chi connectivity index (χ1) is 7.33. The van der Waals surface area contributed by atoms with Gasteiger partial charge in [-0.3, -0.25) is 11.3 Å². The lowest BCUT2D eigenvalue weighted by molar-refractivity contribution is 0.176. The fourth-order valence-electron chi connectivity index (χ4n) is 2.02. The molecule has 0 saturated carbocycles. The minimum Gasteiger partial charge on any atom is -0.381 e. The molecule has 0 bridgehead atoms. The molecule has 15 heavy (non-hydrogen) atoms. The molecular formula is C11H15FN2O. The average molecular weight is 210 g/mol. The van der Waals surface area contributed by atoms with E-state index in [0.717, 1.165) is 13.0 Å². The molecule has 0 aromatic heterocycles. The molecule has 1 aromatic rings. The van der Waals surface area contributed by atoms with Gasteiger partial charge in [0.2, 0.25) is 0 Å². The second-order valence-corrected chi connectivity index (χ2v) is 3.79. The smallest absolute Gasteiger partial charge is 0.128 e. The van der Waals surface area contributed by atoms with Gasteiger partial charge >= 0.3 is 0 Å². The van der Waals surface area contributed by atoms with Crippen LogP contribution in [0.3, 0.4) is 0 Å². The van der Waals surface area contributed by atoms with Crippen LogP contribution in [0, 0.1) is 11.7 Å². The normalized spacial score (nSPS) is 22.9. The highest BCUT2D eigenvalue weighted by molar-refractivity contribution is 5.22. The van der Waals surface area contributed by atoms with Crippen molar-refractivity contribution in [2.75, 3.05) is 13.2 Å². The predicted octanol–water partition coefficient (Wildman–Crippen LogP) is 1.37. The largest absolute Gasteiger partial charge is 0.381 e. The molecule has 82 valence electrons. The molecule has 1 aliphatic rings. The van der Waals surface area contributed by atoms with Crippen LogP contribution in [0.5, 0.6) is 0 Å². The minimum atomic E-state index is -0.215. The Hall–Kier alpha value is -0.970. The maximum absolute atomic E-state index is 13.5. The first-order valence-electron chi connectivity index (χ1n) is 5.11. The maximum Gasteiger partial charge on any atom is 0.128 e. The molecule has 1 aliphatic heterocycles. The van der Waals surface area contributed by atoms with E-state index in [4.69, 9.17) is 10.6 Å². The first-order valence-corrected chi connectivity index (χ1v) is 5.11. The van der Waals surface area contributed by atoms with Gasteiger partial charge in [-0.2, -0.15) is 0 Å². The molecule has 1 fully saturated rings. The van der Waals surface area contributed by atoms with Gasteiger partial charge in [-0.05, 0) is 12.5 Å². The third-order valence-electron chi connectivity index (χ3n) is 2.86. The summed E-state index contributed by atoms with van der Waals surface area (Å²) in [5.41, 5.74) is 3.30. The number of nitrogens with two attached hydrogens (primary N) is 1. The van der Waals surface area contributed by atoms with Crippen LogP contribution in [0.2, 0.25) is 0 Å². The molecule has 0 amide bonds. The molecule has 2 unspecified atom stereocenters. The summed E-state index contributed by atoms with van der Waals surface area (Å²) in [4.78, 5) is 0. The lowest BCUT2D eigenvalue weighted by Crippen LogP contribution is -2.34. The highest BCUT2D eigenvalue weighted by Crippen LogP contribution is 2.29. The van der Waals surface area contributed by atoms with E-state index in [0.29, 0.717) is 12.2 Å². The second-order valence-electron chi connectivity index (χ2n) is 3.79. The van der Waals surface area contributed by atoms with Gasteiger partial charge in [0.1, 0.15) is 5.82 Å². The molecular weight excluding hydrogens is 195 g/mol. The van der Waals surface area contributed by atoms with Crippen molar-refractivity contribution in [2.24, 2.45) is 11.8 Å². The topological polar surface area (TPSA) is 47.3 Å². The summed E-state index contributed by atoms with van der Waals surface area (Å²) in [7, 11) is 0. The van der Waals surface area contributed by atoms with E-state index in [-0.39, 0.29) is 17.8 Å². The van der Waals surface area contributed by atoms with E-state index in [1.54, 1.807) is 12.1 Å². The molecule has 2 rings (SSSR count). The number of rotatable bonds is 3. The third kappa shape index (κ3) is 2.17. The highest BCUT2D eigenvalue weighted by atomic mass is 19.1. The molecule has 0 radical (unpaired) electrons. The van der Waals surface area contributed by atoms with Gasteiger partial charge in [-0.25, -0.2) is 4.39 Å². The van der Waals surface area contributed by atoms with E-state index in [1.807, 2.05) is 6.07 Å². The Morgan fingerprint density at radius 3 is 2.87 bits per heavy atom. The fourth-order valence-corrected chi connectivity index (χ4v) is 2.02. The van der Waals surface area contributed by atoms with Crippen LogP contribution in [0.25, 0.3) is 0 Å². The summed E-state index contributed by atoms with van der Waals surface area (Å²) in [5.74, 6) is 5.52. The lowest BCUT2D eigenvalue weighted by Gasteiger charge is -2.22. The van der Waals surface area contributed by atoms with Gasteiger partial charge in [0.05, 0.1) is 12.6 Å². The molecule has 0 spiro atoms. The number of hydrazine groups is 1. The van der Waals surface area contributed by atoms with E-state index >= 15 is 0 Å². The summed E-state index contributed by atoms with van der Waals surface area (Å²) in [5, 5.41) is 0. The number of hydrogen-bond donors (Lipinski definition) is 2. The SMILES string of the molecule is NNC(c1ccccc1F)C1CCOC1. The predicted molar refractivity (Wildman–Crippen MR) is 55.4 cm³/mol. The standard InChI is InChI=1S/C11H15FN2O/c12-10-4-2-1-3-9(10)11(14-13)8-5-6-15-7-8/h1-4,8,11,14H,5-7,13H2. The molecule has 2 atom stereocenters. The van der Waals surface area contributed by atoms with Crippen LogP contribution in [0.1, 0.15) is 18.0 Å². The van der Waals surface area contributed by atoms with Gasteiger partial charge in [0.15, 0.2) is 0 Å². The van der Waals surface area contributed by atoms with Crippen molar-refractivity contribution < 1.29 is 9.13 Å². The summed E-state index contributed by atoms with van der Waals surface area (Å²) in [6, 6.07) is 6.55. The van der Waals surface area contributed by atoms with E-state index in [1.165, 1.54) is 6.07 Å². The van der Waals surface area contributed by atoms with Crippen LogP contribution < -0.4 is 11.3 Å². The monoisotopic (exact) mass is 210 g/mol. The van der Waals surface area contributed by atoms with Crippen LogP contribution in [0.15, 0.2) is 24.3 Å². The van der Waals surface area contributed by atoms with E-state index in [2.05, 4.69) is 5.43 Å². The number of nitrogens with one attached hydrogen (secondary N) is 1. The van der Waals surface area contributed by atoms with Crippen LogP contribution in [0.4, 0.5) is 4.39 Å². The number of hydrogen-bond acceptors (Lipinski definition) is 3. The molecule has 3 N–H and O–H groups in total. The van der Waals surface area contributed by atoms with Gasteiger partial charge < -0.3 is 4.74 Å². The molecule has 1 aromatic carbocycles. The van der Waals surface area contributed by atoms with E-state index in [9.17, 15) is 4.39 Å². The first kappa shape index (κ1) is 10.5. The van der Waals surface area contributed by atoms with Crippen LogP contribution >= 0.6 is 0 Å². The van der Waals surface area contributed by atoms with Crippen molar-refractivity contribution in [1.29, 1.82) is 0 Å². The van der Waals surface area contributed by atoms with Gasteiger partial charge in [0.25, 0.3) is 0 Å². The van der Waals surface area contributed by atoms with Gasteiger partial charge in [0, 0.05) is 18.1 Å². The Morgan fingerprint density at radius 1 is 1.47 bits per heavy atom. The second kappa shape index (κ2) is 4.70. The molecule has 1 heterocycles. The Labute approximate surface area is 88.4 Å². The summed E-state index contributed by atoms with van der Waals surface area (Å²) < 4.78 is 18.8. The van der Waals surface area contributed by atoms with Crippen LogP contribution in [-0.2, 0) is 4.74 Å². The Balaban J connectivity index is 2.22. The van der Waals surface area contributed by atoms with Crippen molar-refractivity contribution in [3.63, 3.8) is 0 Å². The maximum atomic E-state index is 13.5. The zero-order valence-electron chi connectivity index (χ0n) is 8.45. The molecule has 3 nitrogen and oxygen atoms in total. The van der Waals surface area contributed by atoms with Crippen molar-refractivity contribution in [3.05, 3.63) is 35.6 Å². The molecule has 1 saturated heterocycles. The summed E-state index contributed by atoms with van der Waals surface area (Å²) >= 11 is 0. The number of benzene rings is 1. The Bertz CT molecular complexity index is 326. The molecule has 4 heteroatoms. The lowest BCUT2D eigenvalue weighted by atomic mass is 9.92. The van der Waals surface area contributed by atoms with Gasteiger partial charge in [-0.15, -0.1) is 0 Å². The fraction of sp³-hybridized carbons (Fsp3) is 0.455. The zero-order chi connectivity index (χ0) is 10.7. The van der Waals surface area contributed by atoms with Crippen LogP contribution in [-0.4, -0.2) is 13.2 Å². The average Bonchev–Trinajstić information content (AvgIpc) is 2.75. The van der Waals surface area contributed by atoms with Crippen molar-refractivity contribution >= 4 is 0 Å². The third-order valence-corrected chi connectivity index (χ3v) is 2.86. The molecule has 0 aliphatic carbocycles. The van der Waals surface area contributed by atoms with Gasteiger partial charge in [-0.1, -0.05) is 18.2 Å². The van der Waals surface area contributed by atoms with Crippen molar-refractivity contribution in [1.82, 2.24) is 5.43 Å². The Kier molecular flexibility index (Phi) is 3.30. The summed E-state index contributed by atoms with van der Waals surface area (Å²) in [6.07, 6.45) is 0.920. The Morgan fingerprint density at radius 2 is 2.27 bits per heavy atom. The van der Waals surface area contributed by atoms with E-state index < -0.39 is 0 Å². The summed E-state index contributed by atoms with van der Waals surface area (Å²) in [6.45, 7) is 1.38. The number of ether oxygens (including phenoxy) is 1. The van der Waals surface area contributed by atoms with Crippen molar-refractivity contribution in [3.8, 4) is 0 Å². The van der Waals surface area contributed by atoms with Crippen molar-refractivity contribution in [2.45, 2.75) is 12.5 Å². The minimum absolute atomic E-state index is 0.159. The highest BCUT2D eigenvalue weighted by Gasteiger charge is 2.27. The zero-order valence-corrected chi connectivity index (χ0v) is 8.45. The number of halogens is 1. The quantitative estimate of drug-likeness (QED) is 0.585.